The van der Waals surface area contributed by atoms with Crippen LogP contribution in [0.3, 0.4) is 0 Å². The van der Waals surface area contributed by atoms with Crippen molar-refractivity contribution in [1.82, 2.24) is 4.90 Å². The van der Waals surface area contributed by atoms with Gasteiger partial charge in [-0.15, -0.1) is 0 Å². The van der Waals surface area contributed by atoms with Crippen molar-refractivity contribution in [3.05, 3.63) is 0 Å². The van der Waals surface area contributed by atoms with Crippen LogP contribution in [0.25, 0.3) is 0 Å². The maximum Gasteiger partial charge on any atom is 0.00347 e. The van der Waals surface area contributed by atoms with Gasteiger partial charge in [-0.2, -0.15) is 0 Å². The number of rotatable bonds is 2. The molecule has 0 bridgehead atoms. The molecule has 1 saturated heterocycles. The van der Waals surface area contributed by atoms with Gasteiger partial charge in [0, 0.05) is 6.54 Å². The summed E-state index contributed by atoms with van der Waals surface area (Å²) < 4.78 is 0. The van der Waals surface area contributed by atoms with Crippen LogP contribution in [0.15, 0.2) is 0 Å². The summed E-state index contributed by atoms with van der Waals surface area (Å²) in [5, 5.41) is 0. The first-order chi connectivity index (χ1) is 5.22. The highest BCUT2D eigenvalue weighted by Crippen LogP contribution is 2.35. The fourth-order valence-electron chi connectivity index (χ4n) is 2.28. The first-order valence-electron chi connectivity index (χ1n) is 4.91. The SMILES string of the molecule is CCC1(CC)CCCN(C)C1. The zero-order valence-electron chi connectivity index (χ0n) is 8.19. The van der Waals surface area contributed by atoms with Gasteiger partial charge < -0.3 is 4.90 Å². The predicted molar refractivity (Wildman–Crippen MR) is 49.7 cm³/mol. The first kappa shape index (κ1) is 9.05. The Labute approximate surface area is 70.8 Å². The highest BCUT2D eigenvalue weighted by atomic mass is 15.1. The van der Waals surface area contributed by atoms with Crippen LogP contribution in [0.1, 0.15) is 39.5 Å². The minimum Gasteiger partial charge on any atom is -0.306 e. The van der Waals surface area contributed by atoms with E-state index in [0.29, 0.717) is 5.41 Å². The van der Waals surface area contributed by atoms with E-state index in [2.05, 4.69) is 25.8 Å². The lowest BCUT2D eigenvalue weighted by Crippen LogP contribution is -2.40. The lowest BCUT2D eigenvalue weighted by molar-refractivity contribution is 0.0996. The molecule has 11 heavy (non-hydrogen) atoms. The quantitative estimate of drug-likeness (QED) is 0.592. The Morgan fingerprint density at radius 2 is 1.91 bits per heavy atom. The van der Waals surface area contributed by atoms with Gasteiger partial charge in [0.15, 0.2) is 0 Å². The highest BCUT2D eigenvalue weighted by Gasteiger charge is 2.30. The van der Waals surface area contributed by atoms with E-state index >= 15 is 0 Å². The molecule has 1 aliphatic rings. The second kappa shape index (κ2) is 3.57. The second-order valence-corrected chi connectivity index (χ2v) is 4.05. The Bertz CT molecular complexity index is 116. The largest absolute Gasteiger partial charge is 0.306 e. The van der Waals surface area contributed by atoms with Crippen LogP contribution in [0.4, 0.5) is 0 Å². The van der Waals surface area contributed by atoms with Gasteiger partial charge in [-0.05, 0) is 44.7 Å². The molecule has 0 N–H and O–H groups in total. The number of hydrogen-bond acceptors (Lipinski definition) is 1. The summed E-state index contributed by atoms with van der Waals surface area (Å²) in [5.41, 5.74) is 0.660. The zero-order chi connectivity index (χ0) is 8.32. The molecule has 1 nitrogen and oxygen atoms in total. The molecule has 1 aliphatic heterocycles. The summed E-state index contributed by atoms with van der Waals surface area (Å²) in [6, 6.07) is 0. The van der Waals surface area contributed by atoms with Crippen LogP contribution < -0.4 is 0 Å². The fraction of sp³-hybridized carbons (Fsp3) is 1.00. The van der Waals surface area contributed by atoms with E-state index in [-0.39, 0.29) is 0 Å². The third kappa shape index (κ3) is 1.96. The van der Waals surface area contributed by atoms with Gasteiger partial charge in [0.05, 0.1) is 0 Å². The first-order valence-corrected chi connectivity index (χ1v) is 4.91. The maximum absolute atomic E-state index is 2.48. The summed E-state index contributed by atoms with van der Waals surface area (Å²) in [6.07, 6.45) is 5.56. The number of likely N-dealkylation sites (tertiary alicyclic amines) is 1. The highest BCUT2D eigenvalue weighted by molar-refractivity contribution is 4.83. The normalized spacial score (nSPS) is 25.4. The molecule has 0 unspecified atom stereocenters. The number of nitrogens with zero attached hydrogens (tertiary/aromatic N) is 1. The van der Waals surface area contributed by atoms with Crippen molar-refractivity contribution in [2.45, 2.75) is 39.5 Å². The lowest BCUT2D eigenvalue weighted by atomic mass is 9.76. The summed E-state index contributed by atoms with van der Waals surface area (Å²) >= 11 is 0. The molecular formula is C10H21N. The molecule has 1 heteroatoms. The van der Waals surface area contributed by atoms with E-state index in [9.17, 15) is 0 Å². The van der Waals surface area contributed by atoms with Gasteiger partial charge in [0.2, 0.25) is 0 Å². The van der Waals surface area contributed by atoms with Crippen molar-refractivity contribution < 1.29 is 0 Å². The average molecular weight is 155 g/mol. The van der Waals surface area contributed by atoms with E-state index < -0.39 is 0 Å². The van der Waals surface area contributed by atoms with E-state index in [1.165, 1.54) is 38.8 Å². The van der Waals surface area contributed by atoms with E-state index in [4.69, 9.17) is 0 Å². The minimum atomic E-state index is 0.660. The molecule has 0 spiro atoms. The average Bonchev–Trinajstić information content (AvgIpc) is 2.04. The summed E-state index contributed by atoms with van der Waals surface area (Å²) in [4.78, 5) is 2.48. The Kier molecular flexibility index (Phi) is 2.94. The third-order valence-corrected chi connectivity index (χ3v) is 3.35. The van der Waals surface area contributed by atoms with Crippen LogP contribution in [0, 0.1) is 5.41 Å². The van der Waals surface area contributed by atoms with Gasteiger partial charge >= 0.3 is 0 Å². The Morgan fingerprint density at radius 1 is 1.27 bits per heavy atom. The van der Waals surface area contributed by atoms with Gasteiger partial charge in [0.1, 0.15) is 0 Å². The monoisotopic (exact) mass is 155 g/mol. The predicted octanol–water partition coefficient (Wildman–Crippen LogP) is 2.52. The molecular weight excluding hydrogens is 134 g/mol. The Balaban J connectivity index is 2.52. The molecule has 1 fully saturated rings. The summed E-state index contributed by atoms with van der Waals surface area (Å²) in [7, 11) is 2.25. The smallest absolute Gasteiger partial charge is 0.00347 e. The molecule has 1 rings (SSSR count). The fourth-order valence-corrected chi connectivity index (χ4v) is 2.28. The van der Waals surface area contributed by atoms with Gasteiger partial charge in [-0.1, -0.05) is 13.8 Å². The van der Waals surface area contributed by atoms with Crippen molar-refractivity contribution in [2.24, 2.45) is 5.41 Å². The standard InChI is InChI=1S/C10H21N/c1-4-10(5-2)7-6-8-11(3)9-10/h4-9H2,1-3H3. The number of hydrogen-bond donors (Lipinski definition) is 0. The molecule has 0 radical (unpaired) electrons. The molecule has 0 aliphatic carbocycles. The minimum absolute atomic E-state index is 0.660. The van der Waals surface area contributed by atoms with Gasteiger partial charge in [0.25, 0.3) is 0 Å². The molecule has 0 amide bonds. The molecule has 0 aromatic carbocycles. The second-order valence-electron chi connectivity index (χ2n) is 4.05. The van der Waals surface area contributed by atoms with Crippen molar-refractivity contribution in [3.8, 4) is 0 Å². The van der Waals surface area contributed by atoms with Crippen LogP contribution in [-0.2, 0) is 0 Å². The van der Waals surface area contributed by atoms with Crippen LogP contribution in [0.5, 0.6) is 0 Å². The van der Waals surface area contributed by atoms with Crippen LogP contribution in [0.2, 0.25) is 0 Å². The zero-order valence-corrected chi connectivity index (χ0v) is 8.19. The Hall–Kier alpha value is -0.0400. The third-order valence-electron chi connectivity index (χ3n) is 3.35. The number of piperidine rings is 1. The molecule has 0 saturated carbocycles. The lowest BCUT2D eigenvalue weighted by Gasteiger charge is -2.40. The molecule has 0 aromatic rings. The molecule has 0 atom stereocenters. The molecule has 0 aromatic heterocycles. The molecule has 66 valence electrons. The summed E-state index contributed by atoms with van der Waals surface area (Å²) in [5.74, 6) is 0. The van der Waals surface area contributed by atoms with E-state index in [1.807, 2.05) is 0 Å². The van der Waals surface area contributed by atoms with Crippen molar-refractivity contribution >= 4 is 0 Å². The van der Waals surface area contributed by atoms with Crippen molar-refractivity contribution in [3.63, 3.8) is 0 Å². The van der Waals surface area contributed by atoms with Crippen LogP contribution >= 0.6 is 0 Å². The maximum atomic E-state index is 2.48. The van der Waals surface area contributed by atoms with Gasteiger partial charge in [-0.3, -0.25) is 0 Å². The summed E-state index contributed by atoms with van der Waals surface area (Å²) in [6.45, 7) is 7.30. The van der Waals surface area contributed by atoms with E-state index in [0.717, 1.165) is 0 Å². The molecule has 1 heterocycles. The van der Waals surface area contributed by atoms with E-state index in [1.54, 1.807) is 0 Å². The van der Waals surface area contributed by atoms with Gasteiger partial charge in [-0.25, -0.2) is 0 Å². The topological polar surface area (TPSA) is 3.24 Å². The van der Waals surface area contributed by atoms with Crippen molar-refractivity contribution in [2.75, 3.05) is 20.1 Å². The van der Waals surface area contributed by atoms with Crippen LogP contribution in [-0.4, -0.2) is 25.0 Å². The van der Waals surface area contributed by atoms with Crippen molar-refractivity contribution in [1.29, 1.82) is 0 Å². The Morgan fingerprint density at radius 3 is 2.27 bits per heavy atom.